The Morgan fingerprint density at radius 2 is 1.02 bits per heavy atom. The molecule has 61 heavy (non-hydrogen) atoms. The third-order valence-electron chi connectivity index (χ3n) is 17.7. The fourth-order valence-corrected chi connectivity index (χ4v) is 15.2. The van der Waals surface area contributed by atoms with Gasteiger partial charge in [0.2, 0.25) is 0 Å². The number of nitrogens with one attached hydrogen (secondary N) is 1. The predicted octanol–water partition coefficient (Wildman–Crippen LogP) is 10.1. The highest BCUT2D eigenvalue weighted by atomic mass is 16.6. The summed E-state index contributed by atoms with van der Waals surface area (Å²) < 4.78 is 18.1. The predicted molar refractivity (Wildman–Crippen MR) is 235 cm³/mol. The van der Waals surface area contributed by atoms with Gasteiger partial charge in [-0.2, -0.15) is 0 Å². The van der Waals surface area contributed by atoms with Crippen LogP contribution in [0.25, 0.3) is 0 Å². The van der Waals surface area contributed by atoms with Crippen LogP contribution >= 0.6 is 0 Å². The first-order valence-corrected chi connectivity index (χ1v) is 24.3. The second-order valence-corrected chi connectivity index (χ2v) is 22.6. The average molecular weight is 833 g/mol. The number of hydrogen-bond acceptors (Lipinski definition) is 7. The molecule has 0 unspecified atom stereocenters. The van der Waals surface area contributed by atoms with Crippen LogP contribution in [0.3, 0.4) is 0 Å². The molecule has 4 heterocycles. The number of nitrogens with zero attached hydrogens (tertiary/aromatic N) is 3. The zero-order valence-electron chi connectivity index (χ0n) is 36.8. The highest BCUT2D eigenvalue weighted by molar-refractivity contribution is 5.91. The number of hydrogen-bond donors (Lipinski definition) is 1. The van der Waals surface area contributed by atoms with Crippen LogP contribution in [0, 0.1) is 47.3 Å². The lowest BCUT2D eigenvalue weighted by atomic mass is 9.55. The monoisotopic (exact) mass is 833 g/mol. The molecule has 10 fully saturated rings. The summed E-state index contributed by atoms with van der Waals surface area (Å²) in [5.74, 6) is 6.06. The van der Waals surface area contributed by atoms with E-state index in [9.17, 15) is 14.4 Å². The maximum Gasteiger partial charge on any atom is 0.414 e. The summed E-state index contributed by atoms with van der Waals surface area (Å²) in [6.07, 6.45) is 16.7. The summed E-state index contributed by atoms with van der Waals surface area (Å²) in [7, 11) is 0. The highest BCUT2D eigenvalue weighted by Gasteiger charge is 2.53. The molecule has 8 saturated carbocycles. The second kappa shape index (κ2) is 15.1. The van der Waals surface area contributed by atoms with Crippen molar-refractivity contribution >= 4 is 29.7 Å². The molecule has 1 N–H and O–H groups in total. The Kier molecular flexibility index (Phi) is 9.87. The van der Waals surface area contributed by atoms with Crippen molar-refractivity contribution in [3.8, 4) is 0 Å². The first-order chi connectivity index (χ1) is 29.4. The number of rotatable bonds is 2. The molecule has 2 aromatic carbocycles. The lowest BCUT2D eigenvalue weighted by Crippen LogP contribution is -2.53. The van der Waals surface area contributed by atoms with Gasteiger partial charge in [-0.3, -0.25) is 4.90 Å². The van der Waals surface area contributed by atoms with Gasteiger partial charge in [0.05, 0.1) is 5.69 Å². The lowest BCUT2D eigenvalue weighted by Gasteiger charge is -2.53. The summed E-state index contributed by atoms with van der Waals surface area (Å²) in [5, 5.41) is 3.57. The molecule has 328 valence electrons. The van der Waals surface area contributed by atoms with Gasteiger partial charge in [0.1, 0.15) is 17.8 Å². The van der Waals surface area contributed by atoms with Crippen molar-refractivity contribution in [2.24, 2.45) is 47.3 Å². The fourth-order valence-electron chi connectivity index (χ4n) is 15.2. The summed E-state index contributed by atoms with van der Waals surface area (Å²) in [5.41, 5.74) is 4.41. The molecule has 14 rings (SSSR count). The average Bonchev–Trinajstić information content (AvgIpc) is 3.75. The van der Waals surface area contributed by atoms with Gasteiger partial charge in [-0.15, -0.1) is 0 Å². The molecule has 8 bridgehead atoms. The Hall–Kier alpha value is -3.95. The number of benzene rings is 2. The van der Waals surface area contributed by atoms with E-state index >= 15 is 0 Å². The number of amides is 3. The first-order valence-electron chi connectivity index (χ1n) is 24.3. The smallest absolute Gasteiger partial charge is 0.414 e. The quantitative estimate of drug-likeness (QED) is 0.301. The van der Waals surface area contributed by atoms with Crippen LogP contribution in [0.5, 0.6) is 0 Å². The van der Waals surface area contributed by atoms with Gasteiger partial charge in [-0.05, 0) is 181 Å². The zero-order valence-corrected chi connectivity index (χ0v) is 36.8. The molecule has 8 aliphatic carbocycles. The Morgan fingerprint density at radius 1 is 0.574 bits per heavy atom. The molecule has 0 atom stereocenters. The molecular weight excluding hydrogens is 765 g/mol. The maximum absolute atomic E-state index is 13.2. The van der Waals surface area contributed by atoms with E-state index in [4.69, 9.17) is 14.2 Å². The van der Waals surface area contributed by atoms with Crippen LogP contribution in [-0.2, 0) is 25.0 Å². The summed E-state index contributed by atoms with van der Waals surface area (Å²) >= 11 is 0. The Bertz CT molecular complexity index is 1950. The van der Waals surface area contributed by atoms with Crippen LogP contribution in [-0.4, -0.2) is 85.2 Å². The normalized spacial score (nSPS) is 35.3. The van der Waals surface area contributed by atoms with Crippen LogP contribution in [0.2, 0.25) is 0 Å². The summed E-state index contributed by atoms with van der Waals surface area (Å²) in [6, 6.07) is 16.9. The Morgan fingerprint density at radius 3 is 1.51 bits per heavy atom. The van der Waals surface area contributed by atoms with Gasteiger partial charge in [0.25, 0.3) is 0 Å². The molecule has 2 aromatic rings. The third kappa shape index (κ3) is 7.27. The number of likely N-dealkylation sites (tertiary alicyclic amines) is 2. The van der Waals surface area contributed by atoms with Crippen molar-refractivity contribution in [1.82, 2.24) is 9.80 Å². The second-order valence-electron chi connectivity index (χ2n) is 22.6. The van der Waals surface area contributed by atoms with Gasteiger partial charge < -0.3 is 29.3 Å². The van der Waals surface area contributed by atoms with Crippen LogP contribution < -0.4 is 10.2 Å². The van der Waals surface area contributed by atoms with E-state index in [0.717, 1.165) is 74.7 Å². The number of fused-ring (bicyclic) bond motifs is 4. The Labute approximate surface area is 362 Å². The standard InChI is InChI=1S/C28H38N2O4.C23H30N2O2/c1-27(2,3)34-26(32)30-17-28(22-6-4-5-7-23(22)30)8-10-29(11-9-28)25(31)33-24-20-13-18-12-19(15-20)16-21(24)14-18;26-22(27-21-17-10-15-9-16(12-17)13-18(21)11-15)25-7-5-23(6-8-25)14-24-20-4-2-1-3-19(20)23/h4-7,18-21,24H,8-17H2,1-3H3;1-4,15-18,21,24H,5-14H2. The van der Waals surface area contributed by atoms with Gasteiger partial charge in [0, 0.05) is 55.8 Å². The minimum Gasteiger partial charge on any atom is -0.446 e. The van der Waals surface area contributed by atoms with Crippen molar-refractivity contribution < 1.29 is 28.6 Å². The third-order valence-corrected chi connectivity index (χ3v) is 17.7. The minimum absolute atomic E-state index is 0.0402. The highest BCUT2D eigenvalue weighted by Crippen LogP contribution is 2.56. The largest absolute Gasteiger partial charge is 0.446 e. The SMILES string of the molecule is CC(C)(C)OC(=O)N1CC2(CCN(C(=O)OC3C4CC5CC(C4)CC3C5)CC2)c2ccccc21.O=C(OC1C2CC3CC(C2)CC1C3)N1CCC2(CC1)CNc1ccccc12. The van der Waals surface area contributed by atoms with Crippen molar-refractivity contribution in [2.45, 2.75) is 139 Å². The number of carbonyl (C=O) groups excluding carboxylic acids is 3. The molecular formula is C51H68N4O6. The minimum atomic E-state index is -0.535. The van der Waals surface area contributed by atoms with E-state index in [1.165, 1.54) is 81.0 Å². The van der Waals surface area contributed by atoms with Crippen molar-refractivity contribution in [3.05, 3.63) is 59.7 Å². The number of para-hydroxylation sites is 2. The summed E-state index contributed by atoms with van der Waals surface area (Å²) in [6.45, 7) is 10.3. The first kappa shape index (κ1) is 39.9. The molecule has 0 radical (unpaired) electrons. The summed E-state index contributed by atoms with van der Waals surface area (Å²) in [4.78, 5) is 44.8. The molecule has 2 spiro atoms. The Balaban J connectivity index is 0.000000141. The number of piperidine rings is 2. The molecule has 10 nitrogen and oxygen atoms in total. The molecule has 3 amide bonds. The van der Waals surface area contributed by atoms with Gasteiger partial charge in [-0.1, -0.05) is 36.4 Å². The van der Waals surface area contributed by atoms with Crippen LogP contribution in [0.15, 0.2) is 48.5 Å². The zero-order chi connectivity index (χ0) is 41.7. The van der Waals surface area contributed by atoms with Crippen LogP contribution in [0.1, 0.15) is 122 Å². The maximum atomic E-state index is 13.2. The fraction of sp³-hybridized carbons (Fsp3) is 0.706. The van der Waals surface area contributed by atoms with E-state index in [2.05, 4.69) is 35.6 Å². The molecule has 2 saturated heterocycles. The van der Waals surface area contributed by atoms with E-state index in [-0.39, 0.29) is 41.3 Å². The van der Waals surface area contributed by atoms with Crippen molar-refractivity contribution in [3.63, 3.8) is 0 Å². The van der Waals surface area contributed by atoms with Gasteiger partial charge in [0.15, 0.2) is 0 Å². The van der Waals surface area contributed by atoms with E-state index in [0.29, 0.717) is 43.3 Å². The number of anilines is 2. The molecule has 10 heteroatoms. The van der Waals surface area contributed by atoms with E-state index in [1.54, 1.807) is 4.90 Å². The lowest BCUT2D eigenvalue weighted by molar-refractivity contribution is -0.103. The van der Waals surface area contributed by atoms with Crippen molar-refractivity contribution in [1.29, 1.82) is 0 Å². The van der Waals surface area contributed by atoms with Gasteiger partial charge >= 0.3 is 18.3 Å². The molecule has 4 aliphatic heterocycles. The topological polar surface area (TPSA) is 101 Å². The van der Waals surface area contributed by atoms with Gasteiger partial charge in [-0.25, -0.2) is 14.4 Å². The van der Waals surface area contributed by atoms with Crippen LogP contribution in [0.4, 0.5) is 25.8 Å². The number of carbonyl (C=O) groups is 3. The number of ether oxygens (including phenoxy) is 3. The molecule has 0 aromatic heterocycles. The van der Waals surface area contributed by atoms with Crippen molar-refractivity contribution in [2.75, 3.05) is 49.5 Å². The van der Waals surface area contributed by atoms with E-state index < -0.39 is 5.60 Å². The molecule has 12 aliphatic rings. The van der Waals surface area contributed by atoms with E-state index in [1.807, 2.05) is 48.8 Å².